The topological polar surface area (TPSA) is 54.9 Å². The Hall–Kier alpha value is -1.16. The highest BCUT2D eigenvalue weighted by Gasteiger charge is 2.17. The molecule has 1 aromatic rings. The van der Waals surface area contributed by atoms with E-state index in [9.17, 15) is 8.78 Å². The van der Waals surface area contributed by atoms with Gasteiger partial charge in [-0.3, -0.25) is 0 Å². The number of ether oxygens (including phenoxy) is 2. The molecule has 8 heteroatoms. The van der Waals surface area contributed by atoms with Crippen LogP contribution in [0.5, 0.6) is 5.75 Å². The van der Waals surface area contributed by atoms with E-state index < -0.39 is 13.0 Å². The number of aliphatic imine (C=N–C) groups is 1. The lowest BCUT2D eigenvalue weighted by Crippen LogP contribution is -2.39. The van der Waals surface area contributed by atoms with E-state index in [2.05, 4.69) is 15.6 Å². The third-order valence-corrected chi connectivity index (χ3v) is 3.85. The molecule has 0 spiro atoms. The van der Waals surface area contributed by atoms with Crippen LogP contribution >= 0.6 is 24.0 Å². The fraction of sp³-hybridized carbons (Fsp3) is 0.611. The lowest BCUT2D eigenvalue weighted by molar-refractivity contribution is 0.0676. The van der Waals surface area contributed by atoms with Crippen molar-refractivity contribution in [3.05, 3.63) is 29.3 Å². The van der Waals surface area contributed by atoms with Gasteiger partial charge < -0.3 is 20.1 Å². The van der Waals surface area contributed by atoms with E-state index in [0.717, 1.165) is 36.3 Å². The van der Waals surface area contributed by atoms with Gasteiger partial charge in [0.1, 0.15) is 12.4 Å². The van der Waals surface area contributed by atoms with Crippen molar-refractivity contribution >= 4 is 29.9 Å². The van der Waals surface area contributed by atoms with Gasteiger partial charge in [0.2, 0.25) is 0 Å². The smallest absolute Gasteiger partial charge is 0.255 e. The summed E-state index contributed by atoms with van der Waals surface area (Å²) in [6, 6.07) is 5.92. The molecule has 26 heavy (non-hydrogen) atoms. The SMILES string of the molecule is CCNC(=NCc1ccc(C)cc1OCC1CCCO1)NCC(F)F.I. The van der Waals surface area contributed by atoms with Gasteiger partial charge in [-0.2, -0.15) is 0 Å². The Balaban J connectivity index is 0.00000338. The minimum absolute atomic E-state index is 0. The molecule has 1 heterocycles. The fourth-order valence-corrected chi connectivity index (χ4v) is 2.57. The molecule has 1 aromatic carbocycles. The van der Waals surface area contributed by atoms with Gasteiger partial charge in [-0.1, -0.05) is 12.1 Å². The summed E-state index contributed by atoms with van der Waals surface area (Å²) in [5.41, 5.74) is 2.01. The Kier molecular flexibility index (Phi) is 10.8. The lowest BCUT2D eigenvalue weighted by Gasteiger charge is -2.15. The standard InChI is InChI=1S/C18H27F2N3O2.HI/c1-3-21-18(23-11-17(19)20)22-10-14-7-6-13(2)9-16(14)25-12-15-5-4-8-24-15;/h6-7,9,15,17H,3-5,8,10-12H2,1-2H3,(H2,21,22,23);1H. The first-order valence-electron chi connectivity index (χ1n) is 8.72. The lowest BCUT2D eigenvalue weighted by atomic mass is 10.1. The zero-order valence-electron chi connectivity index (χ0n) is 15.3. The van der Waals surface area contributed by atoms with Crippen LogP contribution in [0.1, 0.15) is 30.9 Å². The molecule has 5 nitrogen and oxygen atoms in total. The first-order chi connectivity index (χ1) is 12.1. The third kappa shape index (κ3) is 8.03. The highest BCUT2D eigenvalue weighted by atomic mass is 127. The zero-order chi connectivity index (χ0) is 18.1. The Labute approximate surface area is 171 Å². The van der Waals surface area contributed by atoms with Gasteiger partial charge in [0, 0.05) is 18.7 Å². The summed E-state index contributed by atoms with van der Waals surface area (Å²) >= 11 is 0. The number of aryl methyl sites for hydroxylation is 1. The molecule has 2 N–H and O–H groups in total. The molecule has 1 saturated heterocycles. The number of benzene rings is 1. The van der Waals surface area contributed by atoms with E-state index >= 15 is 0 Å². The van der Waals surface area contributed by atoms with Crippen LogP contribution in [0.15, 0.2) is 23.2 Å². The molecule has 0 bridgehead atoms. The maximum atomic E-state index is 12.4. The Morgan fingerprint density at radius 3 is 2.85 bits per heavy atom. The highest BCUT2D eigenvalue weighted by molar-refractivity contribution is 14.0. The van der Waals surface area contributed by atoms with Crippen molar-refractivity contribution < 1.29 is 18.3 Å². The summed E-state index contributed by atoms with van der Waals surface area (Å²) in [5, 5.41) is 5.59. The monoisotopic (exact) mass is 483 g/mol. The van der Waals surface area contributed by atoms with Crippen molar-refractivity contribution in [2.24, 2.45) is 4.99 Å². The summed E-state index contributed by atoms with van der Waals surface area (Å²) < 4.78 is 36.3. The third-order valence-electron chi connectivity index (χ3n) is 3.85. The Morgan fingerprint density at radius 1 is 1.38 bits per heavy atom. The maximum Gasteiger partial charge on any atom is 0.255 e. The number of nitrogens with one attached hydrogen (secondary N) is 2. The van der Waals surface area contributed by atoms with Crippen LogP contribution in [0.2, 0.25) is 0 Å². The summed E-state index contributed by atoms with van der Waals surface area (Å²) in [6.45, 7) is 5.72. The second kappa shape index (κ2) is 12.3. The van der Waals surface area contributed by atoms with Gasteiger partial charge in [-0.15, -0.1) is 24.0 Å². The zero-order valence-corrected chi connectivity index (χ0v) is 17.6. The van der Waals surface area contributed by atoms with Crippen LogP contribution in [-0.2, 0) is 11.3 Å². The molecule has 1 unspecified atom stereocenters. The largest absolute Gasteiger partial charge is 0.491 e. The first-order valence-corrected chi connectivity index (χ1v) is 8.72. The molecule has 2 rings (SSSR count). The first kappa shape index (κ1) is 22.9. The van der Waals surface area contributed by atoms with Crippen LogP contribution < -0.4 is 15.4 Å². The predicted molar refractivity (Wildman–Crippen MR) is 110 cm³/mol. The van der Waals surface area contributed by atoms with Crippen molar-refractivity contribution in [1.82, 2.24) is 10.6 Å². The molecule has 1 fully saturated rings. The predicted octanol–water partition coefficient (Wildman–Crippen LogP) is 3.49. The van der Waals surface area contributed by atoms with Gasteiger partial charge in [0.15, 0.2) is 5.96 Å². The molecular formula is C18H28F2IN3O2. The van der Waals surface area contributed by atoms with Gasteiger partial charge in [0.25, 0.3) is 6.43 Å². The molecule has 148 valence electrons. The van der Waals surface area contributed by atoms with E-state index in [4.69, 9.17) is 9.47 Å². The van der Waals surface area contributed by atoms with Crippen molar-refractivity contribution in [2.45, 2.75) is 45.8 Å². The fourth-order valence-electron chi connectivity index (χ4n) is 2.57. The molecule has 1 aliphatic rings. The van der Waals surface area contributed by atoms with Crippen LogP contribution in [0.3, 0.4) is 0 Å². The number of guanidine groups is 1. The van der Waals surface area contributed by atoms with Gasteiger partial charge in [-0.05, 0) is 38.3 Å². The quantitative estimate of drug-likeness (QED) is 0.338. The molecule has 0 amide bonds. The molecule has 1 atom stereocenters. The van der Waals surface area contributed by atoms with Crippen LogP contribution in [-0.4, -0.2) is 44.8 Å². The normalized spacial score (nSPS) is 17.1. The van der Waals surface area contributed by atoms with E-state index in [1.165, 1.54) is 0 Å². The molecule has 1 aliphatic heterocycles. The second-order valence-corrected chi connectivity index (χ2v) is 6.02. The van der Waals surface area contributed by atoms with E-state index in [0.29, 0.717) is 25.7 Å². The highest BCUT2D eigenvalue weighted by Crippen LogP contribution is 2.23. The number of alkyl halides is 2. The van der Waals surface area contributed by atoms with Crippen LogP contribution in [0.4, 0.5) is 8.78 Å². The number of hydrogen-bond acceptors (Lipinski definition) is 3. The average molecular weight is 483 g/mol. The van der Waals surface area contributed by atoms with Crippen molar-refractivity contribution in [2.75, 3.05) is 26.3 Å². The van der Waals surface area contributed by atoms with E-state index in [1.54, 1.807) is 0 Å². The summed E-state index contributed by atoms with van der Waals surface area (Å²) in [6.07, 6.45) is -0.196. The van der Waals surface area contributed by atoms with E-state index in [-0.39, 0.29) is 30.1 Å². The number of halogens is 3. The number of nitrogens with zero attached hydrogens (tertiary/aromatic N) is 1. The number of hydrogen-bond donors (Lipinski definition) is 2. The molecule has 0 aromatic heterocycles. The molecule has 0 saturated carbocycles. The van der Waals surface area contributed by atoms with Crippen LogP contribution in [0, 0.1) is 6.92 Å². The maximum absolute atomic E-state index is 12.4. The minimum Gasteiger partial charge on any atom is -0.491 e. The molecular weight excluding hydrogens is 455 g/mol. The van der Waals surface area contributed by atoms with Crippen molar-refractivity contribution in [3.8, 4) is 5.75 Å². The second-order valence-electron chi connectivity index (χ2n) is 6.02. The minimum atomic E-state index is -2.42. The molecule has 0 radical (unpaired) electrons. The molecule has 0 aliphatic carbocycles. The average Bonchev–Trinajstić information content (AvgIpc) is 3.10. The summed E-state index contributed by atoms with van der Waals surface area (Å²) in [5.74, 6) is 1.14. The van der Waals surface area contributed by atoms with E-state index in [1.807, 2.05) is 32.0 Å². The van der Waals surface area contributed by atoms with Gasteiger partial charge >= 0.3 is 0 Å². The van der Waals surface area contributed by atoms with Crippen molar-refractivity contribution in [1.29, 1.82) is 0 Å². The van der Waals surface area contributed by atoms with Crippen LogP contribution in [0.25, 0.3) is 0 Å². The Morgan fingerprint density at radius 2 is 2.19 bits per heavy atom. The summed E-state index contributed by atoms with van der Waals surface area (Å²) in [7, 11) is 0. The summed E-state index contributed by atoms with van der Waals surface area (Å²) in [4.78, 5) is 4.38. The van der Waals surface area contributed by atoms with Crippen molar-refractivity contribution in [3.63, 3.8) is 0 Å². The van der Waals surface area contributed by atoms with Gasteiger partial charge in [0.05, 0.1) is 19.2 Å². The Bertz CT molecular complexity index is 567. The van der Waals surface area contributed by atoms with Gasteiger partial charge in [-0.25, -0.2) is 13.8 Å². The number of rotatable bonds is 8.